The molecule has 0 bridgehead atoms. The summed E-state index contributed by atoms with van der Waals surface area (Å²) in [5, 5.41) is 0. The summed E-state index contributed by atoms with van der Waals surface area (Å²) in [6, 6.07) is 0. The molecule has 2 nitrogen and oxygen atoms in total. The molecule has 1 aromatic carbocycles. The third-order valence-electron chi connectivity index (χ3n) is 3.29. The summed E-state index contributed by atoms with van der Waals surface area (Å²) in [6.45, 7) is 0.290. The SMILES string of the molecule is COCc1c(F)c(F)c(N2CCCCC2)c(F)c1F. The Labute approximate surface area is 109 Å². The maximum Gasteiger partial charge on any atom is 0.185 e. The van der Waals surface area contributed by atoms with E-state index in [0.717, 1.165) is 19.3 Å². The van der Waals surface area contributed by atoms with Gasteiger partial charge in [0, 0.05) is 20.2 Å². The molecule has 19 heavy (non-hydrogen) atoms. The van der Waals surface area contributed by atoms with Crippen LogP contribution in [0.1, 0.15) is 24.8 Å². The average molecular weight is 277 g/mol. The lowest BCUT2D eigenvalue weighted by molar-refractivity contribution is 0.175. The van der Waals surface area contributed by atoms with E-state index in [1.165, 1.54) is 12.0 Å². The standard InChI is InChI=1S/C13H15F4NO/c1-19-7-8-9(14)11(16)13(12(17)10(8)15)18-5-3-2-4-6-18/h2-7H2,1H3. The van der Waals surface area contributed by atoms with Gasteiger partial charge in [-0.2, -0.15) is 0 Å². The quantitative estimate of drug-likeness (QED) is 0.620. The van der Waals surface area contributed by atoms with Gasteiger partial charge in [-0.3, -0.25) is 0 Å². The summed E-state index contributed by atoms with van der Waals surface area (Å²) in [4.78, 5) is 1.36. The molecule has 6 heteroatoms. The van der Waals surface area contributed by atoms with Crippen LogP contribution in [0.25, 0.3) is 0 Å². The second kappa shape index (κ2) is 5.77. The molecule has 0 aromatic heterocycles. The molecule has 2 rings (SSSR count). The summed E-state index contributed by atoms with van der Waals surface area (Å²) >= 11 is 0. The fraction of sp³-hybridized carbons (Fsp3) is 0.538. The van der Waals surface area contributed by atoms with Gasteiger partial charge in [-0.15, -0.1) is 0 Å². The fourth-order valence-corrected chi connectivity index (χ4v) is 2.33. The van der Waals surface area contributed by atoms with Gasteiger partial charge in [0.05, 0.1) is 12.2 Å². The molecule has 1 fully saturated rings. The van der Waals surface area contributed by atoms with Crippen molar-refractivity contribution in [2.24, 2.45) is 0 Å². The first-order valence-electron chi connectivity index (χ1n) is 6.16. The number of benzene rings is 1. The molecular formula is C13H15F4NO. The first kappa shape index (κ1) is 14.1. The largest absolute Gasteiger partial charge is 0.380 e. The van der Waals surface area contributed by atoms with E-state index in [4.69, 9.17) is 0 Å². The zero-order valence-electron chi connectivity index (χ0n) is 10.6. The molecule has 0 spiro atoms. The smallest absolute Gasteiger partial charge is 0.185 e. The van der Waals surface area contributed by atoms with Gasteiger partial charge in [0.15, 0.2) is 23.3 Å². The molecule has 106 valence electrons. The minimum absolute atomic E-state index is 0.399. The van der Waals surface area contributed by atoms with Crippen LogP contribution in [0, 0.1) is 23.3 Å². The number of halogens is 4. The number of methoxy groups -OCH3 is 1. The van der Waals surface area contributed by atoms with Crippen molar-refractivity contribution < 1.29 is 22.3 Å². The van der Waals surface area contributed by atoms with Crippen molar-refractivity contribution >= 4 is 5.69 Å². The van der Waals surface area contributed by atoms with Crippen LogP contribution >= 0.6 is 0 Å². The van der Waals surface area contributed by atoms with Crippen LogP contribution in [0.4, 0.5) is 23.2 Å². The van der Waals surface area contributed by atoms with Crippen LogP contribution in [0.5, 0.6) is 0 Å². The van der Waals surface area contributed by atoms with Crippen LogP contribution in [-0.4, -0.2) is 20.2 Å². The molecule has 0 atom stereocenters. The summed E-state index contributed by atoms with van der Waals surface area (Å²) in [5.41, 5.74) is -1.31. The van der Waals surface area contributed by atoms with Crippen LogP contribution in [0.3, 0.4) is 0 Å². The first-order chi connectivity index (χ1) is 9.07. The van der Waals surface area contributed by atoms with Crippen molar-refractivity contribution in [2.45, 2.75) is 25.9 Å². The molecule has 0 amide bonds. The van der Waals surface area contributed by atoms with Crippen molar-refractivity contribution in [1.29, 1.82) is 0 Å². The van der Waals surface area contributed by atoms with Gasteiger partial charge in [-0.05, 0) is 19.3 Å². The Morgan fingerprint density at radius 1 is 0.895 bits per heavy atom. The van der Waals surface area contributed by atoms with E-state index in [2.05, 4.69) is 4.74 Å². The van der Waals surface area contributed by atoms with Crippen molar-refractivity contribution in [2.75, 3.05) is 25.1 Å². The normalized spacial score (nSPS) is 15.9. The maximum absolute atomic E-state index is 13.9. The lowest BCUT2D eigenvalue weighted by Gasteiger charge is -2.29. The summed E-state index contributed by atoms with van der Waals surface area (Å²) in [7, 11) is 1.20. The van der Waals surface area contributed by atoms with E-state index in [1.54, 1.807) is 0 Å². The van der Waals surface area contributed by atoms with Gasteiger partial charge in [-0.1, -0.05) is 0 Å². The summed E-state index contributed by atoms with van der Waals surface area (Å²) in [5.74, 6) is -5.43. The molecule has 0 radical (unpaired) electrons. The molecule has 0 aliphatic carbocycles. The third kappa shape index (κ3) is 2.54. The van der Waals surface area contributed by atoms with Crippen LogP contribution in [0.2, 0.25) is 0 Å². The van der Waals surface area contributed by atoms with Gasteiger partial charge in [-0.25, -0.2) is 17.6 Å². The Hall–Kier alpha value is -1.30. The van der Waals surface area contributed by atoms with Gasteiger partial charge in [0.2, 0.25) is 0 Å². The second-order valence-electron chi connectivity index (χ2n) is 4.56. The number of piperidine rings is 1. The number of anilines is 1. The fourth-order valence-electron chi connectivity index (χ4n) is 2.33. The second-order valence-corrected chi connectivity index (χ2v) is 4.56. The molecule has 1 saturated heterocycles. The Morgan fingerprint density at radius 2 is 1.42 bits per heavy atom. The van der Waals surface area contributed by atoms with Gasteiger partial charge < -0.3 is 9.64 Å². The molecule has 0 N–H and O–H groups in total. The van der Waals surface area contributed by atoms with Gasteiger partial charge in [0.25, 0.3) is 0 Å². The zero-order valence-corrected chi connectivity index (χ0v) is 10.6. The van der Waals surface area contributed by atoms with Crippen molar-refractivity contribution in [3.05, 3.63) is 28.8 Å². The monoisotopic (exact) mass is 277 g/mol. The molecule has 0 saturated carbocycles. The highest BCUT2D eigenvalue weighted by Gasteiger charge is 2.29. The number of ether oxygens (including phenoxy) is 1. The topological polar surface area (TPSA) is 12.5 Å². The van der Waals surface area contributed by atoms with E-state index in [9.17, 15) is 17.6 Å². The molecule has 1 aliphatic heterocycles. The Morgan fingerprint density at radius 3 is 1.89 bits per heavy atom. The van der Waals surface area contributed by atoms with E-state index < -0.39 is 41.1 Å². The number of hydrogen-bond acceptors (Lipinski definition) is 2. The zero-order chi connectivity index (χ0) is 14.0. The Bertz CT molecular complexity index is 443. The predicted molar refractivity (Wildman–Crippen MR) is 63.1 cm³/mol. The number of rotatable bonds is 3. The number of hydrogen-bond donors (Lipinski definition) is 0. The predicted octanol–water partition coefficient (Wildman–Crippen LogP) is 3.38. The van der Waals surface area contributed by atoms with Gasteiger partial charge >= 0.3 is 0 Å². The maximum atomic E-state index is 13.9. The number of nitrogens with zero attached hydrogens (tertiary/aromatic N) is 1. The highest BCUT2D eigenvalue weighted by molar-refractivity contribution is 5.52. The van der Waals surface area contributed by atoms with Crippen LogP contribution in [0.15, 0.2) is 0 Å². The van der Waals surface area contributed by atoms with Crippen LogP contribution < -0.4 is 4.90 Å². The molecule has 0 unspecified atom stereocenters. The lowest BCUT2D eigenvalue weighted by atomic mass is 10.1. The van der Waals surface area contributed by atoms with Crippen molar-refractivity contribution in [3.8, 4) is 0 Å². The minimum atomic E-state index is -1.37. The molecular weight excluding hydrogens is 262 g/mol. The van der Waals surface area contributed by atoms with E-state index in [0.29, 0.717) is 13.1 Å². The average Bonchev–Trinajstić information content (AvgIpc) is 2.43. The first-order valence-corrected chi connectivity index (χ1v) is 6.16. The Kier molecular flexibility index (Phi) is 4.29. The van der Waals surface area contributed by atoms with Crippen LogP contribution in [-0.2, 0) is 11.3 Å². The summed E-state index contributed by atoms with van der Waals surface area (Å²) in [6.07, 6.45) is 2.45. The molecule has 1 aromatic rings. The molecule has 1 aliphatic rings. The van der Waals surface area contributed by atoms with E-state index >= 15 is 0 Å². The lowest BCUT2D eigenvalue weighted by Crippen LogP contribution is -2.32. The van der Waals surface area contributed by atoms with Gasteiger partial charge in [0.1, 0.15) is 5.69 Å². The third-order valence-corrected chi connectivity index (χ3v) is 3.29. The highest BCUT2D eigenvalue weighted by Crippen LogP contribution is 2.32. The van der Waals surface area contributed by atoms with E-state index in [1.807, 2.05) is 0 Å². The highest BCUT2D eigenvalue weighted by atomic mass is 19.2. The Balaban J connectivity index is 2.49. The summed E-state index contributed by atoms with van der Waals surface area (Å²) < 4.78 is 59.9. The minimum Gasteiger partial charge on any atom is -0.380 e. The van der Waals surface area contributed by atoms with E-state index in [-0.39, 0.29) is 0 Å². The van der Waals surface area contributed by atoms with Crippen molar-refractivity contribution in [1.82, 2.24) is 0 Å². The molecule has 1 heterocycles. The van der Waals surface area contributed by atoms with Crippen molar-refractivity contribution in [3.63, 3.8) is 0 Å².